The maximum Gasteiger partial charge on any atom is 0.305 e. The number of phenols is 4. The molecule has 0 aromatic heterocycles. The van der Waals surface area contributed by atoms with Crippen LogP contribution in [0, 0.1) is 10.4 Å². The van der Waals surface area contributed by atoms with Gasteiger partial charge in [0.2, 0.25) is 0 Å². The Hall–Kier alpha value is -5.34. The van der Waals surface area contributed by atoms with Crippen LogP contribution in [-0.4, -0.2) is 54.8 Å². The van der Waals surface area contributed by atoms with Gasteiger partial charge < -0.3 is 40.1 Å². The van der Waals surface area contributed by atoms with Gasteiger partial charge in [-0.05, 0) is 26.0 Å². The fourth-order valence-electron chi connectivity index (χ4n) is 6.89. The molecule has 0 radical (unpaired) electrons. The minimum atomic E-state index is -1.22. The van der Waals surface area contributed by atoms with Crippen LogP contribution in [0.2, 0.25) is 0 Å². The Labute approximate surface area is 256 Å². The van der Waals surface area contributed by atoms with Gasteiger partial charge in [-0.3, -0.25) is 28.8 Å². The van der Waals surface area contributed by atoms with E-state index in [0.29, 0.717) is 6.07 Å². The molecule has 46 heavy (non-hydrogen) atoms. The van der Waals surface area contributed by atoms with Crippen molar-refractivity contribution in [2.75, 3.05) is 0 Å². The lowest BCUT2D eigenvalue weighted by Gasteiger charge is -2.31. The lowest BCUT2D eigenvalue weighted by molar-refractivity contribution is -0.143. The second-order valence-electron chi connectivity index (χ2n) is 11.6. The van der Waals surface area contributed by atoms with Gasteiger partial charge in [-0.15, -0.1) is 0 Å². The zero-order chi connectivity index (χ0) is 33.5. The number of rotatable bonds is 5. The number of carboxylic acid groups (broad SMARTS) is 2. The van der Waals surface area contributed by atoms with Crippen molar-refractivity contribution in [1.82, 2.24) is 0 Å². The summed E-state index contributed by atoms with van der Waals surface area (Å²) in [4.78, 5) is 77.0. The van der Waals surface area contributed by atoms with Crippen LogP contribution in [0.3, 0.4) is 0 Å². The highest BCUT2D eigenvalue weighted by Crippen LogP contribution is 2.53. The molecule has 238 valence electrons. The zero-order valence-electron chi connectivity index (χ0n) is 24.2. The smallest absolute Gasteiger partial charge is 0.305 e. The number of fused-ring (bicyclic) bond motifs is 3. The van der Waals surface area contributed by atoms with Gasteiger partial charge in [0.1, 0.15) is 23.0 Å². The van der Waals surface area contributed by atoms with E-state index in [-0.39, 0.29) is 35.1 Å². The van der Waals surface area contributed by atoms with Crippen molar-refractivity contribution in [2.24, 2.45) is 0 Å². The average molecular weight is 635 g/mol. The van der Waals surface area contributed by atoms with Crippen LogP contribution >= 0.6 is 0 Å². The number of aliphatic carboxylic acids is 2. The standard InChI is InChI=1S/C32H26O14/c1-9-21-15(3-11(45-9)5-19(35)36)29(41)25-23(31(21)43)17(33)7-13(27(25)39)14-8-18(34)24-26(28(14)40)30(42)16-4-12(6-20(37)38)46-10(2)22(16)32(24)44/h7-12,33,39,41,43H,3-6H2,1-2H3,(H,35,36)(H,37,38)/t9-,10+,11-,12+/m0/s1. The van der Waals surface area contributed by atoms with Crippen molar-refractivity contribution in [1.29, 1.82) is 0 Å². The summed E-state index contributed by atoms with van der Waals surface area (Å²) in [6.45, 7) is 2.92. The molecule has 0 amide bonds. The lowest BCUT2D eigenvalue weighted by Crippen LogP contribution is -2.40. The molecule has 2 aromatic rings. The maximum atomic E-state index is 13.9. The summed E-state index contributed by atoms with van der Waals surface area (Å²) in [6, 6.07) is 1.57. The van der Waals surface area contributed by atoms with Gasteiger partial charge in [-0.25, -0.2) is 0 Å². The van der Waals surface area contributed by atoms with E-state index in [2.05, 4.69) is 0 Å². The molecule has 0 unspecified atom stereocenters. The van der Waals surface area contributed by atoms with Gasteiger partial charge in [-0.2, -0.15) is 0 Å². The van der Waals surface area contributed by atoms with Crippen LogP contribution in [0.1, 0.15) is 61.2 Å². The second kappa shape index (κ2) is 10.6. The SMILES string of the molecule is C[C@@H]1O[C@H](CC(=O)O)Cc2c1c(O)c1c(O)cc(-c3cc(=O)c4c(=O)c5c(c(=O)c=4c3=O)C[C@H](CC(=O)O)O[C@@H]5C)c(O)c1c2O. The van der Waals surface area contributed by atoms with Crippen LogP contribution in [0.4, 0.5) is 0 Å². The molecule has 2 aliphatic carbocycles. The van der Waals surface area contributed by atoms with Crippen LogP contribution in [0.25, 0.3) is 21.9 Å². The molecular weight excluding hydrogens is 608 g/mol. The molecule has 6 N–H and O–H groups in total. The van der Waals surface area contributed by atoms with Gasteiger partial charge in [0.15, 0.2) is 21.7 Å². The normalized spacial score (nSPS) is 20.8. The largest absolute Gasteiger partial charge is 0.507 e. The molecule has 2 aromatic carbocycles. The van der Waals surface area contributed by atoms with E-state index >= 15 is 0 Å². The molecule has 2 heterocycles. The van der Waals surface area contributed by atoms with Gasteiger partial charge in [-0.1, -0.05) is 0 Å². The molecule has 4 aliphatic rings. The van der Waals surface area contributed by atoms with Crippen molar-refractivity contribution in [3.05, 3.63) is 85.7 Å². The predicted molar refractivity (Wildman–Crippen MR) is 157 cm³/mol. The van der Waals surface area contributed by atoms with E-state index < -0.39 is 126 Å². The van der Waals surface area contributed by atoms with E-state index in [1.807, 2.05) is 0 Å². The van der Waals surface area contributed by atoms with E-state index in [1.54, 1.807) is 0 Å². The topological polar surface area (TPSA) is 242 Å². The number of benzene rings is 2. The molecule has 0 saturated heterocycles. The molecule has 14 nitrogen and oxygen atoms in total. The maximum absolute atomic E-state index is 13.9. The third kappa shape index (κ3) is 4.48. The molecule has 0 bridgehead atoms. The van der Waals surface area contributed by atoms with E-state index in [4.69, 9.17) is 9.47 Å². The highest BCUT2D eigenvalue weighted by molar-refractivity contribution is 6.07. The first-order valence-corrected chi connectivity index (χ1v) is 14.2. The minimum Gasteiger partial charge on any atom is -0.507 e. The summed E-state index contributed by atoms with van der Waals surface area (Å²) in [7, 11) is 0. The molecule has 4 atom stereocenters. The Morgan fingerprint density at radius 1 is 0.674 bits per heavy atom. The van der Waals surface area contributed by atoms with Gasteiger partial charge in [0.05, 0.1) is 58.5 Å². The van der Waals surface area contributed by atoms with Crippen molar-refractivity contribution in [3.8, 4) is 34.1 Å². The summed E-state index contributed by atoms with van der Waals surface area (Å²) in [5, 5.41) is 60.9. The average Bonchev–Trinajstić information content (AvgIpc) is 2.95. The fourth-order valence-corrected chi connectivity index (χ4v) is 6.89. The van der Waals surface area contributed by atoms with E-state index in [1.165, 1.54) is 13.8 Å². The number of phenolic OH excluding ortho intramolecular Hbond substituents is 4. The number of hydrogen-bond acceptors (Lipinski definition) is 12. The molecule has 0 saturated carbocycles. The first-order valence-electron chi connectivity index (χ1n) is 14.2. The van der Waals surface area contributed by atoms with Crippen molar-refractivity contribution in [3.63, 3.8) is 0 Å². The Kier molecular flexibility index (Phi) is 7.09. The highest BCUT2D eigenvalue weighted by Gasteiger charge is 2.36. The molecule has 14 heteroatoms. The third-order valence-corrected chi connectivity index (χ3v) is 8.72. The molecule has 2 aliphatic heterocycles. The molecular formula is C32H26O14. The Morgan fingerprint density at radius 3 is 1.83 bits per heavy atom. The lowest BCUT2D eigenvalue weighted by atomic mass is 9.86. The van der Waals surface area contributed by atoms with Gasteiger partial charge in [0, 0.05) is 46.2 Å². The van der Waals surface area contributed by atoms with E-state index in [0.717, 1.165) is 6.07 Å². The predicted octanol–water partition coefficient (Wildman–Crippen LogP) is 1.32. The number of hydrogen-bond donors (Lipinski definition) is 6. The number of carboxylic acids is 2. The Morgan fingerprint density at radius 2 is 1.24 bits per heavy atom. The summed E-state index contributed by atoms with van der Waals surface area (Å²) >= 11 is 0. The monoisotopic (exact) mass is 634 g/mol. The summed E-state index contributed by atoms with van der Waals surface area (Å²) in [6.07, 6.45) is -5.29. The molecule has 6 rings (SSSR count). The first kappa shape index (κ1) is 30.7. The van der Waals surface area contributed by atoms with Crippen molar-refractivity contribution >= 4 is 22.7 Å². The van der Waals surface area contributed by atoms with Crippen LogP contribution in [-0.2, 0) is 31.9 Å². The van der Waals surface area contributed by atoms with Crippen LogP contribution in [0.5, 0.6) is 23.0 Å². The Bertz CT molecular complexity index is 2300. The number of ether oxygens (including phenoxy) is 2. The van der Waals surface area contributed by atoms with Crippen LogP contribution in [0.15, 0.2) is 31.3 Å². The zero-order valence-corrected chi connectivity index (χ0v) is 24.2. The van der Waals surface area contributed by atoms with E-state index in [9.17, 15) is 59.4 Å². The summed E-state index contributed by atoms with van der Waals surface area (Å²) < 4.78 is 11.3. The molecule has 0 fully saturated rings. The summed E-state index contributed by atoms with van der Waals surface area (Å²) in [5.41, 5.74) is -5.43. The first-order chi connectivity index (χ1) is 21.6. The number of carbonyl (C=O) groups is 2. The second-order valence-corrected chi connectivity index (χ2v) is 11.6. The molecule has 0 spiro atoms. The van der Waals surface area contributed by atoms with Crippen molar-refractivity contribution < 1.29 is 49.7 Å². The Balaban J connectivity index is 1.63. The van der Waals surface area contributed by atoms with Gasteiger partial charge in [0.25, 0.3) is 0 Å². The van der Waals surface area contributed by atoms with Gasteiger partial charge >= 0.3 is 11.9 Å². The number of aromatic hydroxyl groups is 4. The van der Waals surface area contributed by atoms with Crippen LogP contribution < -0.4 is 21.7 Å². The minimum absolute atomic E-state index is 0.0314. The highest BCUT2D eigenvalue weighted by atomic mass is 16.5. The third-order valence-electron chi connectivity index (χ3n) is 8.72. The fraction of sp³-hybridized carbons (Fsp3) is 0.312. The van der Waals surface area contributed by atoms with Crippen molar-refractivity contribution in [2.45, 2.75) is 63.9 Å². The summed E-state index contributed by atoms with van der Waals surface area (Å²) in [5.74, 6) is -5.20. The quantitative estimate of drug-likeness (QED) is 0.170.